The van der Waals surface area contributed by atoms with Crippen LogP contribution in [0, 0.1) is 0 Å². The number of carbonyl (C=O) groups excluding carboxylic acids is 1. The number of carbonyl (C=O) groups is 1. The second-order valence-electron chi connectivity index (χ2n) is 5.79. The maximum Gasteiger partial charge on any atom is 0.337 e. The van der Waals surface area contributed by atoms with E-state index in [1.807, 2.05) is 0 Å². The van der Waals surface area contributed by atoms with Gasteiger partial charge in [0.2, 0.25) is 10.0 Å². The van der Waals surface area contributed by atoms with Crippen molar-refractivity contribution in [3.05, 3.63) is 35.4 Å². The molecule has 2 N–H and O–H groups in total. The van der Waals surface area contributed by atoms with E-state index in [0.29, 0.717) is 30.6 Å². The van der Waals surface area contributed by atoms with Crippen molar-refractivity contribution >= 4 is 16.0 Å². The van der Waals surface area contributed by atoms with Crippen LogP contribution in [0.3, 0.4) is 0 Å². The molecule has 1 heterocycles. The van der Waals surface area contributed by atoms with Gasteiger partial charge in [0, 0.05) is 12.6 Å². The number of sulfonamides is 1. The lowest BCUT2D eigenvalue weighted by atomic mass is 10.0. The Bertz CT molecular complexity index is 643. The number of hydrogen-bond acceptors (Lipinski definition) is 5. The van der Waals surface area contributed by atoms with Crippen LogP contribution < -0.4 is 5.73 Å². The Morgan fingerprint density at radius 2 is 2.17 bits per heavy atom. The zero-order chi connectivity index (χ0) is 16.9. The molecule has 0 bridgehead atoms. The van der Waals surface area contributed by atoms with E-state index in [2.05, 4.69) is 4.74 Å². The SMILES string of the molecule is COC(=O)c1cccc(CS(=O)(=O)N2CCCCC2CCN)c1. The van der Waals surface area contributed by atoms with Gasteiger partial charge in [-0.1, -0.05) is 18.6 Å². The minimum Gasteiger partial charge on any atom is -0.465 e. The van der Waals surface area contributed by atoms with Crippen molar-refractivity contribution in [2.75, 3.05) is 20.2 Å². The maximum atomic E-state index is 12.8. The fourth-order valence-electron chi connectivity index (χ4n) is 3.02. The molecule has 0 saturated carbocycles. The van der Waals surface area contributed by atoms with Gasteiger partial charge in [-0.3, -0.25) is 0 Å². The summed E-state index contributed by atoms with van der Waals surface area (Å²) in [5.74, 6) is -0.581. The molecule has 1 aromatic rings. The van der Waals surface area contributed by atoms with Gasteiger partial charge < -0.3 is 10.5 Å². The molecule has 7 heteroatoms. The quantitative estimate of drug-likeness (QED) is 0.793. The second kappa shape index (κ2) is 7.90. The third-order valence-electron chi connectivity index (χ3n) is 4.13. The van der Waals surface area contributed by atoms with Gasteiger partial charge in [0.05, 0.1) is 18.4 Å². The summed E-state index contributed by atoms with van der Waals surface area (Å²) >= 11 is 0. The lowest BCUT2D eigenvalue weighted by Gasteiger charge is -2.34. The molecule has 1 saturated heterocycles. The van der Waals surface area contributed by atoms with Crippen LogP contribution in [-0.4, -0.2) is 44.9 Å². The summed E-state index contributed by atoms with van der Waals surface area (Å²) < 4.78 is 31.8. The Balaban J connectivity index is 2.18. The number of methoxy groups -OCH3 is 1. The third kappa shape index (κ3) is 4.53. The van der Waals surface area contributed by atoms with Gasteiger partial charge in [0.25, 0.3) is 0 Å². The first-order valence-corrected chi connectivity index (χ1v) is 9.45. The highest BCUT2D eigenvalue weighted by Gasteiger charge is 2.31. The largest absolute Gasteiger partial charge is 0.465 e. The zero-order valence-corrected chi connectivity index (χ0v) is 14.2. The van der Waals surface area contributed by atoms with Crippen LogP contribution in [0.1, 0.15) is 41.6 Å². The topological polar surface area (TPSA) is 89.7 Å². The number of hydrogen-bond donors (Lipinski definition) is 1. The molecule has 1 fully saturated rings. The number of rotatable bonds is 6. The van der Waals surface area contributed by atoms with Gasteiger partial charge in [-0.25, -0.2) is 13.2 Å². The third-order valence-corrected chi connectivity index (χ3v) is 6.02. The minimum absolute atomic E-state index is 0.0115. The minimum atomic E-state index is -3.43. The summed E-state index contributed by atoms with van der Waals surface area (Å²) in [6.07, 6.45) is 3.46. The first-order chi connectivity index (χ1) is 11.0. The van der Waals surface area contributed by atoms with Gasteiger partial charge in [-0.15, -0.1) is 0 Å². The highest BCUT2D eigenvalue weighted by Crippen LogP contribution is 2.24. The van der Waals surface area contributed by atoms with E-state index in [1.165, 1.54) is 7.11 Å². The molecule has 0 amide bonds. The summed E-state index contributed by atoms with van der Waals surface area (Å²) in [4.78, 5) is 11.6. The van der Waals surface area contributed by atoms with Crippen molar-refractivity contribution < 1.29 is 17.9 Å². The van der Waals surface area contributed by atoms with Crippen molar-refractivity contribution in [2.45, 2.75) is 37.5 Å². The summed E-state index contributed by atoms with van der Waals surface area (Å²) in [6.45, 7) is 1.03. The van der Waals surface area contributed by atoms with E-state index in [9.17, 15) is 13.2 Å². The van der Waals surface area contributed by atoms with E-state index < -0.39 is 16.0 Å². The highest BCUT2D eigenvalue weighted by atomic mass is 32.2. The van der Waals surface area contributed by atoms with E-state index >= 15 is 0 Å². The number of piperidine rings is 1. The smallest absolute Gasteiger partial charge is 0.337 e. The predicted octanol–water partition coefficient (Wildman–Crippen LogP) is 1.51. The van der Waals surface area contributed by atoms with Crippen LogP contribution >= 0.6 is 0 Å². The Morgan fingerprint density at radius 1 is 1.39 bits per heavy atom. The predicted molar refractivity (Wildman–Crippen MR) is 88.4 cm³/mol. The first-order valence-electron chi connectivity index (χ1n) is 7.85. The standard InChI is InChI=1S/C16H24N2O4S/c1-22-16(19)14-6-4-5-13(11-14)12-23(20,21)18-10-3-2-7-15(18)8-9-17/h4-6,11,15H,2-3,7-10,12,17H2,1H3. The van der Waals surface area contributed by atoms with Crippen molar-refractivity contribution in [2.24, 2.45) is 5.73 Å². The fourth-order valence-corrected chi connectivity index (χ4v) is 4.86. The van der Waals surface area contributed by atoms with Crippen LogP contribution in [0.15, 0.2) is 24.3 Å². The number of ether oxygens (including phenoxy) is 1. The van der Waals surface area contributed by atoms with Crippen LogP contribution in [0.5, 0.6) is 0 Å². The molecule has 0 aromatic heterocycles. The highest BCUT2D eigenvalue weighted by molar-refractivity contribution is 7.88. The number of nitrogens with two attached hydrogens (primary N) is 1. The average molecular weight is 340 g/mol. The fraction of sp³-hybridized carbons (Fsp3) is 0.562. The van der Waals surface area contributed by atoms with Crippen molar-refractivity contribution in [1.29, 1.82) is 0 Å². The van der Waals surface area contributed by atoms with E-state index in [0.717, 1.165) is 19.3 Å². The Morgan fingerprint density at radius 3 is 2.87 bits per heavy atom. The summed E-state index contributed by atoms with van der Waals surface area (Å²) in [7, 11) is -2.13. The lowest BCUT2D eigenvalue weighted by molar-refractivity contribution is 0.0600. The summed E-state index contributed by atoms with van der Waals surface area (Å²) in [6, 6.07) is 6.56. The molecule has 1 unspecified atom stereocenters. The van der Waals surface area contributed by atoms with Crippen molar-refractivity contribution in [1.82, 2.24) is 4.31 Å². The molecule has 128 valence electrons. The van der Waals surface area contributed by atoms with Gasteiger partial charge in [-0.05, 0) is 43.5 Å². The average Bonchev–Trinajstić information content (AvgIpc) is 2.54. The van der Waals surface area contributed by atoms with E-state index in [-0.39, 0.29) is 11.8 Å². The van der Waals surface area contributed by atoms with Crippen LogP contribution in [0.25, 0.3) is 0 Å². The summed E-state index contributed by atoms with van der Waals surface area (Å²) in [5.41, 5.74) is 6.56. The molecule has 1 aromatic carbocycles. The van der Waals surface area contributed by atoms with Gasteiger partial charge in [0.15, 0.2) is 0 Å². The molecule has 23 heavy (non-hydrogen) atoms. The zero-order valence-electron chi connectivity index (χ0n) is 13.4. The molecule has 2 rings (SSSR count). The monoisotopic (exact) mass is 340 g/mol. The molecule has 1 aliphatic heterocycles. The molecular weight excluding hydrogens is 316 g/mol. The number of nitrogens with zero attached hydrogens (tertiary/aromatic N) is 1. The normalized spacial score (nSPS) is 19.5. The molecule has 6 nitrogen and oxygen atoms in total. The van der Waals surface area contributed by atoms with Gasteiger partial charge >= 0.3 is 5.97 Å². The molecule has 0 spiro atoms. The molecule has 0 aliphatic carbocycles. The number of esters is 1. The number of benzene rings is 1. The van der Waals surface area contributed by atoms with E-state index in [1.54, 1.807) is 28.6 Å². The second-order valence-corrected chi connectivity index (χ2v) is 7.71. The van der Waals surface area contributed by atoms with Crippen molar-refractivity contribution in [3.63, 3.8) is 0 Å². The van der Waals surface area contributed by atoms with Crippen LogP contribution in [0.2, 0.25) is 0 Å². The van der Waals surface area contributed by atoms with Gasteiger partial charge in [0.1, 0.15) is 0 Å². The first kappa shape index (κ1) is 17.9. The molecule has 1 aliphatic rings. The molecule has 1 atom stereocenters. The van der Waals surface area contributed by atoms with Gasteiger partial charge in [-0.2, -0.15) is 4.31 Å². The van der Waals surface area contributed by atoms with E-state index in [4.69, 9.17) is 5.73 Å². The maximum absolute atomic E-state index is 12.8. The molecule has 0 radical (unpaired) electrons. The Labute approximate surface area is 137 Å². The van der Waals surface area contributed by atoms with Crippen LogP contribution in [0.4, 0.5) is 0 Å². The summed E-state index contributed by atoms with van der Waals surface area (Å²) in [5, 5.41) is 0. The van der Waals surface area contributed by atoms with Crippen LogP contribution in [-0.2, 0) is 20.5 Å². The lowest BCUT2D eigenvalue weighted by Crippen LogP contribution is -2.45. The van der Waals surface area contributed by atoms with Crippen molar-refractivity contribution in [3.8, 4) is 0 Å². The Hall–Kier alpha value is -1.44. The Kier molecular flexibility index (Phi) is 6.15. The molecular formula is C16H24N2O4S.